The minimum absolute atomic E-state index is 0.0483. The standard InChI is InChI=1S/C19H19N3O3/c23-19(21-15-4-8-16-6-2-1-3-7-16)9-5-14-20-17-10-12-18(13-11-17)22(24)25/h1-3,6-7,10-13,20H,5,9,14-15H2,(H,21,23). The van der Waals surface area contributed by atoms with Crippen LogP contribution >= 0.6 is 0 Å². The molecule has 0 aromatic heterocycles. The van der Waals surface area contributed by atoms with Crippen molar-refractivity contribution in [3.63, 3.8) is 0 Å². The van der Waals surface area contributed by atoms with Crippen molar-refractivity contribution >= 4 is 17.3 Å². The summed E-state index contributed by atoms with van der Waals surface area (Å²) < 4.78 is 0. The predicted octanol–water partition coefficient (Wildman–Crippen LogP) is 2.95. The molecule has 0 spiro atoms. The molecule has 0 fully saturated rings. The van der Waals surface area contributed by atoms with Crippen LogP contribution in [0.4, 0.5) is 11.4 Å². The van der Waals surface area contributed by atoms with E-state index < -0.39 is 4.92 Å². The molecule has 2 N–H and O–H groups in total. The Morgan fingerprint density at radius 1 is 1.08 bits per heavy atom. The van der Waals surface area contributed by atoms with Crippen LogP contribution in [0.15, 0.2) is 54.6 Å². The first-order valence-electron chi connectivity index (χ1n) is 7.94. The summed E-state index contributed by atoms with van der Waals surface area (Å²) in [5.74, 6) is 5.84. The molecular weight excluding hydrogens is 318 g/mol. The van der Waals surface area contributed by atoms with E-state index in [1.165, 1.54) is 12.1 Å². The summed E-state index contributed by atoms with van der Waals surface area (Å²) in [5, 5.41) is 16.4. The Bertz CT molecular complexity index is 762. The number of carbonyl (C=O) groups excluding carboxylic acids is 1. The lowest BCUT2D eigenvalue weighted by atomic mass is 10.2. The van der Waals surface area contributed by atoms with E-state index in [1.54, 1.807) is 12.1 Å². The van der Waals surface area contributed by atoms with Crippen molar-refractivity contribution in [2.45, 2.75) is 12.8 Å². The maximum absolute atomic E-state index is 11.7. The fraction of sp³-hybridized carbons (Fsp3) is 0.211. The van der Waals surface area contributed by atoms with Gasteiger partial charge >= 0.3 is 0 Å². The summed E-state index contributed by atoms with van der Waals surface area (Å²) in [7, 11) is 0. The monoisotopic (exact) mass is 337 g/mol. The van der Waals surface area contributed by atoms with Crippen molar-refractivity contribution < 1.29 is 9.72 Å². The first kappa shape index (κ1) is 18.0. The van der Waals surface area contributed by atoms with Crippen molar-refractivity contribution in [1.29, 1.82) is 0 Å². The van der Waals surface area contributed by atoms with Crippen LogP contribution in [0.5, 0.6) is 0 Å². The number of non-ortho nitro benzene ring substituents is 1. The van der Waals surface area contributed by atoms with Gasteiger partial charge in [0.05, 0.1) is 11.5 Å². The summed E-state index contributed by atoms with van der Waals surface area (Å²) in [4.78, 5) is 21.8. The van der Waals surface area contributed by atoms with E-state index in [0.717, 1.165) is 11.3 Å². The van der Waals surface area contributed by atoms with Crippen LogP contribution in [0.2, 0.25) is 0 Å². The number of hydrogen-bond donors (Lipinski definition) is 2. The third-order valence-corrected chi connectivity index (χ3v) is 3.37. The maximum atomic E-state index is 11.7. The molecule has 0 radical (unpaired) electrons. The molecule has 0 bridgehead atoms. The highest BCUT2D eigenvalue weighted by atomic mass is 16.6. The number of carbonyl (C=O) groups is 1. The van der Waals surface area contributed by atoms with Gasteiger partial charge < -0.3 is 10.6 Å². The van der Waals surface area contributed by atoms with E-state index in [0.29, 0.717) is 25.9 Å². The Kier molecular flexibility index (Phi) is 7.01. The summed E-state index contributed by atoms with van der Waals surface area (Å²) in [6.07, 6.45) is 1.06. The van der Waals surface area contributed by atoms with E-state index in [4.69, 9.17) is 0 Å². The Morgan fingerprint density at radius 2 is 1.80 bits per heavy atom. The lowest BCUT2D eigenvalue weighted by Gasteiger charge is -2.06. The fourth-order valence-corrected chi connectivity index (χ4v) is 2.08. The van der Waals surface area contributed by atoms with Gasteiger partial charge in [-0.1, -0.05) is 30.0 Å². The largest absolute Gasteiger partial charge is 0.385 e. The van der Waals surface area contributed by atoms with Gasteiger partial charge in [0.2, 0.25) is 5.91 Å². The number of rotatable bonds is 7. The maximum Gasteiger partial charge on any atom is 0.269 e. The molecule has 0 unspecified atom stereocenters. The molecule has 1 amide bonds. The van der Waals surface area contributed by atoms with Crippen LogP contribution in [0.1, 0.15) is 18.4 Å². The third kappa shape index (κ3) is 6.75. The van der Waals surface area contributed by atoms with Crippen LogP contribution < -0.4 is 10.6 Å². The fourth-order valence-electron chi connectivity index (χ4n) is 2.08. The molecule has 0 heterocycles. The topological polar surface area (TPSA) is 84.3 Å². The minimum atomic E-state index is -0.436. The number of nitrogens with zero attached hydrogens (tertiary/aromatic N) is 1. The van der Waals surface area contributed by atoms with Gasteiger partial charge in [0.15, 0.2) is 0 Å². The lowest BCUT2D eigenvalue weighted by Crippen LogP contribution is -2.23. The van der Waals surface area contributed by atoms with E-state index in [1.807, 2.05) is 30.3 Å². The third-order valence-electron chi connectivity index (χ3n) is 3.37. The second kappa shape index (κ2) is 9.73. The highest BCUT2D eigenvalue weighted by Gasteiger charge is 2.04. The SMILES string of the molecule is O=C(CCCNc1ccc([N+](=O)[O-])cc1)NCC#Cc1ccccc1. The van der Waals surface area contributed by atoms with Crippen molar-refractivity contribution in [2.75, 3.05) is 18.4 Å². The average molecular weight is 337 g/mol. The molecule has 6 nitrogen and oxygen atoms in total. The van der Waals surface area contributed by atoms with Crippen molar-refractivity contribution in [3.8, 4) is 11.8 Å². The molecule has 0 aliphatic carbocycles. The normalized spacial score (nSPS) is 9.60. The molecule has 6 heteroatoms. The van der Waals surface area contributed by atoms with Gasteiger partial charge in [0.25, 0.3) is 5.69 Å². The van der Waals surface area contributed by atoms with E-state index in [2.05, 4.69) is 22.5 Å². The Labute approximate surface area is 146 Å². The van der Waals surface area contributed by atoms with Crippen LogP contribution in [-0.4, -0.2) is 23.9 Å². The minimum Gasteiger partial charge on any atom is -0.385 e. The number of nitro groups is 1. The van der Waals surface area contributed by atoms with Crippen LogP contribution in [0.3, 0.4) is 0 Å². The van der Waals surface area contributed by atoms with Crippen molar-refractivity contribution in [2.24, 2.45) is 0 Å². The van der Waals surface area contributed by atoms with Crippen LogP contribution in [0, 0.1) is 22.0 Å². The summed E-state index contributed by atoms with van der Waals surface area (Å²) in [5.41, 5.74) is 1.77. The van der Waals surface area contributed by atoms with Gasteiger partial charge in [0.1, 0.15) is 0 Å². The molecule has 2 aromatic rings. The molecule has 25 heavy (non-hydrogen) atoms. The zero-order valence-electron chi connectivity index (χ0n) is 13.7. The summed E-state index contributed by atoms with van der Waals surface area (Å²) in [6, 6.07) is 15.8. The Morgan fingerprint density at radius 3 is 2.48 bits per heavy atom. The average Bonchev–Trinajstić information content (AvgIpc) is 2.63. The molecule has 0 aliphatic rings. The first-order chi connectivity index (χ1) is 12.1. The highest BCUT2D eigenvalue weighted by molar-refractivity contribution is 5.76. The number of amides is 1. The van der Waals surface area contributed by atoms with Gasteiger partial charge in [0, 0.05) is 36.3 Å². The first-order valence-corrected chi connectivity index (χ1v) is 7.94. The van der Waals surface area contributed by atoms with Crippen molar-refractivity contribution in [3.05, 3.63) is 70.3 Å². The molecule has 0 aliphatic heterocycles. The second-order valence-electron chi connectivity index (χ2n) is 5.28. The number of nitrogens with one attached hydrogen (secondary N) is 2. The van der Waals surface area contributed by atoms with Gasteiger partial charge in [-0.3, -0.25) is 14.9 Å². The van der Waals surface area contributed by atoms with Gasteiger partial charge in [-0.15, -0.1) is 0 Å². The zero-order valence-corrected chi connectivity index (χ0v) is 13.7. The van der Waals surface area contributed by atoms with Gasteiger partial charge in [-0.05, 0) is 30.7 Å². The summed E-state index contributed by atoms with van der Waals surface area (Å²) in [6.45, 7) is 0.935. The van der Waals surface area contributed by atoms with Gasteiger partial charge in [-0.2, -0.15) is 0 Å². The summed E-state index contributed by atoms with van der Waals surface area (Å²) >= 11 is 0. The molecule has 0 saturated heterocycles. The van der Waals surface area contributed by atoms with E-state index in [-0.39, 0.29) is 11.6 Å². The molecular formula is C19H19N3O3. The molecule has 0 atom stereocenters. The number of hydrogen-bond acceptors (Lipinski definition) is 4. The Hall–Kier alpha value is -3.33. The molecule has 0 saturated carbocycles. The van der Waals surface area contributed by atoms with Crippen LogP contribution in [0.25, 0.3) is 0 Å². The van der Waals surface area contributed by atoms with E-state index >= 15 is 0 Å². The molecule has 2 aromatic carbocycles. The zero-order chi connectivity index (χ0) is 17.9. The molecule has 2 rings (SSSR count). The second-order valence-corrected chi connectivity index (χ2v) is 5.28. The quantitative estimate of drug-likeness (QED) is 0.352. The smallest absolute Gasteiger partial charge is 0.269 e. The number of nitro benzene ring substituents is 1. The van der Waals surface area contributed by atoms with E-state index in [9.17, 15) is 14.9 Å². The lowest BCUT2D eigenvalue weighted by molar-refractivity contribution is -0.384. The predicted molar refractivity (Wildman–Crippen MR) is 97.1 cm³/mol. The molecule has 128 valence electrons. The van der Waals surface area contributed by atoms with Crippen LogP contribution in [-0.2, 0) is 4.79 Å². The number of anilines is 1. The van der Waals surface area contributed by atoms with Gasteiger partial charge in [-0.25, -0.2) is 0 Å². The van der Waals surface area contributed by atoms with Crippen molar-refractivity contribution in [1.82, 2.24) is 5.32 Å². The Balaban J connectivity index is 1.61. The highest BCUT2D eigenvalue weighted by Crippen LogP contribution is 2.15. The number of benzene rings is 2.